The standard InChI is InChI=1S/C10H15NO2/c1-5-9(3)11-7-6-8(2)10(12)13-4/h1,6,9,11H,7H2,2-4H3. The lowest BCUT2D eigenvalue weighted by Crippen LogP contribution is -2.24. The predicted molar refractivity (Wildman–Crippen MR) is 52.1 cm³/mol. The van der Waals surface area contributed by atoms with Crippen LogP contribution in [0.1, 0.15) is 13.8 Å². The third-order valence-corrected chi connectivity index (χ3v) is 1.59. The highest BCUT2D eigenvalue weighted by Crippen LogP contribution is 1.93. The first-order valence-electron chi connectivity index (χ1n) is 4.06. The number of methoxy groups -OCH3 is 1. The molecule has 13 heavy (non-hydrogen) atoms. The molecule has 0 aliphatic heterocycles. The van der Waals surface area contributed by atoms with Crippen LogP contribution in [0.3, 0.4) is 0 Å². The second-order valence-corrected chi connectivity index (χ2v) is 2.68. The first kappa shape index (κ1) is 11.7. The zero-order valence-electron chi connectivity index (χ0n) is 8.26. The molecule has 0 fully saturated rings. The van der Waals surface area contributed by atoms with Crippen LogP contribution in [0.15, 0.2) is 11.6 Å². The van der Waals surface area contributed by atoms with Gasteiger partial charge >= 0.3 is 5.97 Å². The molecule has 1 atom stereocenters. The van der Waals surface area contributed by atoms with Crippen LogP contribution in [0.25, 0.3) is 0 Å². The molecule has 0 amide bonds. The molecule has 0 aliphatic rings. The van der Waals surface area contributed by atoms with Crippen molar-refractivity contribution in [2.45, 2.75) is 19.9 Å². The van der Waals surface area contributed by atoms with Crippen molar-refractivity contribution in [3.63, 3.8) is 0 Å². The van der Waals surface area contributed by atoms with E-state index in [0.29, 0.717) is 12.1 Å². The van der Waals surface area contributed by atoms with Gasteiger partial charge in [-0.3, -0.25) is 0 Å². The van der Waals surface area contributed by atoms with Crippen molar-refractivity contribution in [1.29, 1.82) is 0 Å². The topological polar surface area (TPSA) is 38.3 Å². The Hall–Kier alpha value is -1.27. The summed E-state index contributed by atoms with van der Waals surface area (Å²) in [5, 5.41) is 3.02. The lowest BCUT2D eigenvalue weighted by Gasteiger charge is -2.04. The number of terminal acetylenes is 1. The Bertz CT molecular complexity index is 238. The number of rotatable bonds is 4. The van der Waals surface area contributed by atoms with Gasteiger partial charge in [0.15, 0.2) is 0 Å². The summed E-state index contributed by atoms with van der Waals surface area (Å²) in [5.74, 6) is 2.22. The molecule has 1 N–H and O–H groups in total. The highest BCUT2D eigenvalue weighted by atomic mass is 16.5. The Morgan fingerprint density at radius 1 is 1.77 bits per heavy atom. The number of hydrogen-bond acceptors (Lipinski definition) is 3. The van der Waals surface area contributed by atoms with Gasteiger partial charge in [-0.25, -0.2) is 4.79 Å². The molecule has 1 unspecified atom stereocenters. The highest BCUT2D eigenvalue weighted by molar-refractivity contribution is 5.87. The smallest absolute Gasteiger partial charge is 0.333 e. The Morgan fingerprint density at radius 2 is 2.38 bits per heavy atom. The van der Waals surface area contributed by atoms with Crippen LogP contribution < -0.4 is 5.32 Å². The maximum absolute atomic E-state index is 10.9. The minimum absolute atomic E-state index is 0.0155. The summed E-state index contributed by atoms with van der Waals surface area (Å²) >= 11 is 0. The van der Waals surface area contributed by atoms with Crippen molar-refractivity contribution in [3.8, 4) is 12.3 Å². The molecule has 3 heteroatoms. The Morgan fingerprint density at radius 3 is 2.85 bits per heavy atom. The molecule has 72 valence electrons. The van der Waals surface area contributed by atoms with Crippen LogP contribution in [0.4, 0.5) is 0 Å². The van der Waals surface area contributed by atoms with E-state index in [9.17, 15) is 4.79 Å². The van der Waals surface area contributed by atoms with E-state index in [0.717, 1.165) is 0 Å². The average molecular weight is 181 g/mol. The zero-order valence-corrected chi connectivity index (χ0v) is 8.26. The molecule has 3 nitrogen and oxygen atoms in total. The largest absolute Gasteiger partial charge is 0.466 e. The van der Waals surface area contributed by atoms with Gasteiger partial charge in [-0.1, -0.05) is 12.0 Å². The van der Waals surface area contributed by atoms with Crippen molar-refractivity contribution in [2.75, 3.05) is 13.7 Å². The van der Waals surface area contributed by atoms with Crippen LogP contribution >= 0.6 is 0 Å². The number of hydrogen-bond donors (Lipinski definition) is 1. The van der Waals surface area contributed by atoms with Gasteiger partial charge in [-0.2, -0.15) is 0 Å². The van der Waals surface area contributed by atoms with Crippen molar-refractivity contribution in [2.24, 2.45) is 0 Å². The number of carbonyl (C=O) groups is 1. The first-order chi connectivity index (χ1) is 6.11. The number of nitrogens with one attached hydrogen (secondary N) is 1. The number of esters is 1. The van der Waals surface area contributed by atoms with Gasteiger partial charge in [0.25, 0.3) is 0 Å². The molecule has 0 bridgehead atoms. The number of carbonyl (C=O) groups excluding carboxylic acids is 1. The molecule has 0 aromatic heterocycles. The summed E-state index contributed by atoms with van der Waals surface area (Å²) in [6.07, 6.45) is 6.90. The van der Waals surface area contributed by atoms with E-state index in [1.807, 2.05) is 6.92 Å². The number of ether oxygens (including phenoxy) is 1. The van der Waals surface area contributed by atoms with Crippen molar-refractivity contribution in [3.05, 3.63) is 11.6 Å². The summed E-state index contributed by atoms with van der Waals surface area (Å²) in [7, 11) is 1.36. The molecule has 0 rings (SSSR count). The summed E-state index contributed by atoms with van der Waals surface area (Å²) < 4.78 is 4.52. The maximum Gasteiger partial charge on any atom is 0.333 e. The van der Waals surface area contributed by atoms with E-state index in [2.05, 4.69) is 16.0 Å². The second-order valence-electron chi connectivity index (χ2n) is 2.68. The summed E-state index contributed by atoms with van der Waals surface area (Å²) in [5.41, 5.74) is 0.583. The molecular weight excluding hydrogens is 166 g/mol. The fraction of sp³-hybridized carbons (Fsp3) is 0.500. The van der Waals surface area contributed by atoms with E-state index >= 15 is 0 Å². The Balaban J connectivity index is 3.86. The van der Waals surface area contributed by atoms with Crippen LogP contribution in [-0.2, 0) is 9.53 Å². The third kappa shape index (κ3) is 5.05. The molecule has 0 heterocycles. The van der Waals surface area contributed by atoms with Crippen molar-refractivity contribution >= 4 is 5.97 Å². The molecule has 0 aromatic carbocycles. The molecule has 0 aromatic rings. The third-order valence-electron chi connectivity index (χ3n) is 1.59. The molecular formula is C10H15NO2. The van der Waals surface area contributed by atoms with Gasteiger partial charge in [0.05, 0.1) is 13.2 Å². The van der Waals surface area contributed by atoms with E-state index in [1.54, 1.807) is 13.0 Å². The SMILES string of the molecule is C#CC(C)NCC=C(C)C(=O)OC. The molecule has 0 aliphatic carbocycles. The van der Waals surface area contributed by atoms with Crippen LogP contribution in [0.5, 0.6) is 0 Å². The quantitative estimate of drug-likeness (QED) is 0.394. The Kier molecular flexibility index (Phi) is 5.66. The fourth-order valence-corrected chi connectivity index (χ4v) is 0.692. The monoisotopic (exact) mass is 181 g/mol. The minimum atomic E-state index is -0.310. The minimum Gasteiger partial charge on any atom is -0.466 e. The van der Waals surface area contributed by atoms with Crippen molar-refractivity contribution in [1.82, 2.24) is 5.32 Å². The molecule has 0 saturated heterocycles. The van der Waals surface area contributed by atoms with Gasteiger partial charge in [-0.05, 0) is 13.8 Å². The predicted octanol–water partition coefficient (Wildman–Crippen LogP) is 0.717. The molecule has 0 saturated carbocycles. The average Bonchev–Trinajstić information content (AvgIpc) is 2.15. The van der Waals surface area contributed by atoms with Crippen LogP contribution in [0, 0.1) is 12.3 Å². The normalized spacial score (nSPS) is 13.2. The maximum atomic E-state index is 10.9. The second kappa shape index (κ2) is 6.27. The lowest BCUT2D eigenvalue weighted by atomic mass is 10.3. The van der Waals surface area contributed by atoms with Crippen LogP contribution in [0.2, 0.25) is 0 Å². The van der Waals surface area contributed by atoms with E-state index in [1.165, 1.54) is 7.11 Å². The fourth-order valence-electron chi connectivity index (χ4n) is 0.692. The zero-order chi connectivity index (χ0) is 10.3. The summed E-state index contributed by atoms with van der Waals surface area (Å²) in [6, 6.07) is 0.0155. The van der Waals surface area contributed by atoms with E-state index < -0.39 is 0 Å². The van der Waals surface area contributed by atoms with Gasteiger partial charge in [-0.15, -0.1) is 6.42 Å². The van der Waals surface area contributed by atoms with Gasteiger partial charge in [0.2, 0.25) is 0 Å². The highest BCUT2D eigenvalue weighted by Gasteiger charge is 2.01. The first-order valence-corrected chi connectivity index (χ1v) is 4.06. The summed E-state index contributed by atoms with van der Waals surface area (Å²) in [6.45, 7) is 4.15. The lowest BCUT2D eigenvalue weighted by molar-refractivity contribution is -0.136. The van der Waals surface area contributed by atoms with Gasteiger partial charge in [0.1, 0.15) is 0 Å². The van der Waals surface area contributed by atoms with Gasteiger partial charge < -0.3 is 10.1 Å². The van der Waals surface area contributed by atoms with Crippen molar-refractivity contribution < 1.29 is 9.53 Å². The van der Waals surface area contributed by atoms with Gasteiger partial charge in [0, 0.05) is 12.1 Å². The Labute approximate surface area is 79.2 Å². The molecule has 0 spiro atoms. The van der Waals surface area contributed by atoms with Crippen LogP contribution in [-0.4, -0.2) is 25.7 Å². The molecule has 0 radical (unpaired) electrons. The van der Waals surface area contributed by atoms with E-state index in [4.69, 9.17) is 6.42 Å². The van der Waals surface area contributed by atoms with E-state index in [-0.39, 0.29) is 12.0 Å². The summed E-state index contributed by atoms with van der Waals surface area (Å²) in [4.78, 5) is 10.9.